The van der Waals surface area contributed by atoms with E-state index in [4.69, 9.17) is 11.6 Å². The molecule has 1 atom stereocenters. The van der Waals surface area contributed by atoms with Gasteiger partial charge in [0, 0.05) is 46.2 Å². The lowest BCUT2D eigenvalue weighted by Crippen LogP contribution is -2.29. The van der Waals surface area contributed by atoms with Crippen molar-refractivity contribution in [1.82, 2.24) is 9.29 Å². The average molecular weight is 722 g/mol. The molecule has 11 heteroatoms. The third-order valence-electron chi connectivity index (χ3n) is 9.05. The number of nitro groups is 1. The Balaban J connectivity index is 1.46. The van der Waals surface area contributed by atoms with Crippen LogP contribution < -0.4 is 4.72 Å². The molecule has 0 aliphatic rings. The van der Waals surface area contributed by atoms with E-state index in [9.17, 15) is 28.4 Å². The number of carbonyl (C=O) groups is 1. The second-order valence-electron chi connectivity index (χ2n) is 12.5. The van der Waals surface area contributed by atoms with Gasteiger partial charge in [0.15, 0.2) is 0 Å². The molecule has 0 radical (unpaired) electrons. The fraction of sp³-hybridized carbons (Fsp3) is 0.175. The molecule has 6 aromatic rings. The fourth-order valence-electron chi connectivity index (χ4n) is 6.86. The molecule has 0 amide bonds. The molecule has 0 saturated heterocycles. The van der Waals surface area contributed by atoms with Crippen molar-refractivity contribution in [2.24, 2.45) is 0 Å². The van der Waals surface area contributed by atoms with Crippen LogP contribution in [0.3, 0.4) is 0 Å². The van der Waals surface area contributed by atoms with Crippen molar-refractivity contribution in [2.75, 3.05) is 6.54 Å². The number of sulfonamides is 1. The van der Waals surface area contributed by atoms with Crippen LogP contribution in [0, 0.1) is 10.1 Å². The third kappa shape index (κ3) is 8.04. The summed E-state index contributed by atoms with van der Waals surface area (Å²) in [6.07, 6.45) is 0.888. The summed E-state index contributed by atoms with van der Waals surface area (Å²) < 4.78 is 31.7. The first-order valence-corrected chi connectivity index (χ1v) is 18.5. The van der Waals surface area contributed by atoms with Crippen LogP contribution in [0.1, 0.15) is 62.8 Å². The summed E-state index contributed by atoms with van der Waals surface area (Å²) in [6.45, 7) is 2.14. The number of hydrogen-bond donors (Lipinski definition) is 2. The minimum atomic E-state index is -3.96. The summed E-state index contributed by atoms with van der Waals surface area (Å²) in [4.78, 5) is 22.5. The lowest BCUT2D eigenvalue weighted by molar-refractivity contribution is -0.385. The van der Waals surface area contributed by atoms with Crippen LogP contribution in [-0.4, -0.2) is 35.5 Å². The number of hydrogen-bond acceptors (Lipinski definition) is 5. The Hall–Kier alpha value is -5.29. The SMILES string of the molecule is CC(Cc1ccc(C(=O)O)cc1)c1c(CCNS(=O)(=O)Cc2ccccc2[N+](=O)[O-])n(C(c2ccccc2)c2ccccc2)c2ccc(Cl)cc12. The Bertz CT molecular complexity index is 2250. The van der Waals surface area contributed by atoms with Crippen molar-refractivity contribution in [3.05, 3.63) is 182 Å². The number of para-hydroxylation sites is 1. The van der Waals surface area contributed by atoms with E-state index in [0.717, 1.165) is 38.9 Å². The van der Waals surface area contributed by atoms with Crippen LogP contribution in [0.2, 0.25) is 5.02 Å². The van der Waals surface area contributed by atoms with Crippen LogP contribution in [0.15, 0.2) is 127 Å². The molecule has 2 N–H and O–H groups in total. The largest absolute Gasteiger partial charge is 0.478 e. The lowest BCUT2D eigenvalue weighted by atomic mass is 9.90. The highest BCUT2D eigenvalue weighted by Crippen LogP contribution is 2.41. The molecule has 0 aliphatic carbocycles. The molecule has 0 aliphatic heterocycles. The van der Waals surface area contributed by atoms with Crippen molar-refractivity contribution >= 4 is 44.2 Å². The summed E-state index contributed by atoms with van der Waals surface area (Å²) in [5.41, 5.74) is 5.94. The minimum Gasteiger partial charge on any atom is -0.478 e. The molecule has 0 fully saturated rings. The molecule has 1 aromatic heterocycles. The number of nitrogens with zero attached hydrogens (tertiary/aromatic N) is 2. The maximum absolute atomic E-state index is 13.4. The third-order valence-corrected chi connectivity index (χ3v) is 10.6. The zero-order chi connectivity index (χ0) is 36.1. The van der Waals surface area contributed by atoms with Gasteiger partial charge >= 0.3 is 5.97 Å². The summed E-state index contributed by atoms with van der Waals surface area (Å²) in [5.74, 6) is -1.62. The van der Waals surface area contributed by atoms with Crippen LogP contribution in [0.4, 0.5) is 5.69 Å². The van der Waals surface area contributed by atoms with E-state index in [0.29, 0.717) is 17.9 Å². The van der Waals surface area contributed by atoms with Crippen molar-refractivity contribution < 1.29 is 23.2 Å². The summed E-state index contributed by atoms with van der Waals surface area (Å²) in [6, 6.07) is 38.4. The topological polar surface area (TPSA) is 132 Å². The van der Waals surface area contributed by atoms with Gasteiger partial charge in [0.05, 0.1) is 22.3 Å². The molecule has 9 nitrogen and oxygen atoms in total. The molecule has 51 heavy (non-hydrogen) atoms. The number of aromatic carboxylic acids is 1. The average Bonchev–Trinajstić information content (AvgIpc) is 3.42. The first-order valence-electron chi connectivity index (χ1n) is 16.5. The van der Waals surface area contributed by atoms with E-state index in [1.165, 1.54) is 18.2 Å². The van der Waals surface area contributed by atoms with E-state index < -0.39 is 26.7 Å². The first kappa shape index (κ1) is 35.5. The maximum atomic E-state index is 13.4. The number of benzene rings is 5. The lowest BCUT2D eigenvalue weighted by Gasteiger charge is -2.25. The van der Waals surface area contributed by atoms with Crippen LogP contribution in [-0.2, 0) is 28.6 Å². The molecule has 1 unspecified atom stereocenters. The Morgan fingerprint density at radius 1 is 0.882 bits per heavy atom. The van der Waals surface area contributed by atoms with Gasteiger partial charge in [0.1, 0.15) is 0 Å². The molecular weight excluding hydrogens is 686 g/mol. The summed E-state index contributed by atoms with van der Waals surface area (Å²) in [7, 11) is -3.96. The Morgan fingerprint density at radius 3 is 2.10 bits per heavy atom. The Morgan fingerprint density at radius 2 is 1.49 bits per heavy atom. The van der Waals surface area contributed by atoms with E-state index in [1.54, 1.807) is 18.2 Å². The Kier molecular flexibility index (Phi) is 10.7. The molecule has 6 rings (SSSR count). The second kappa shape index (κ2) is 15.3. The zero-order valence-corrected chi connectivity index (χ0v) is 29.3. The van der Waals surface area contributed by atoms with Crippen LogP contribution >= 0.6 is 11.6 Å². The number of nitrogens with one attached hydrogen (secondary N) is 1. The van der Waals surface area contributed by atoms with E-state index >= 15 is 0 Å². The maximum Gasteiger partial charge on any atom is 0.335 e. The van der Waals surface area contributed by atoms with Crippen LogP contribution in [0.5, 0.6) is 0 Å². The van der Waals surface area contributed by atoms with Crippen molar-refractivity contribution in [1.29, 1.82) is 0 Å². The number of fused-ring (bicyclic) bond motifs is 1. The first-order chi connectivity index (χ1) is 24.5. The monoisotopic (exact) mass is 721 g/mol. The van der Waals surface area contributed by atoms with Gasteiger partial charge in [-0.05, 0) is 64.9 Å². The van der Waals surface area contributed by atoms with E-state index in [1.807, 2.05) is 66.7 Å². The van der Waals surface area contributed by atoms with Gasteiger partial charge in [-0.2, -0.15) is 0 Å². The Labute approximate surface area is 301 Å². The quantitative estimate of drug-likeness (QED) is 0.0856. The van der Waals surface area contributed by atoms with Gasteiger partial charge in [-0.3, -0.25) is 10.1 Å². The molecule has 0 spiro atoms. The highest BCUT2D eigenvalue weighted by atomic mass is 35.5. The van der Waals surface area contributed by atoms with E-state index in [-0.39, 0.29) is 35.3 Å². The van der Waals surface area contributed by atoms with Gasteiger partial charge < -0.3 is 9.67 Å². The van der Waals surface area contributed by atoms with Gasteiger partial charge in [0.25, 0.3) is 5.69 Å². The molecular formula is C40H36ClN3O6S. The number of carboxylic acids is 1. The molecule has 5 aromatic carbocycles. The van der Waals surface area contributed by atoms with Crippen molar-refractivity contribution in [3.8, 4) is 0 Å². The highest BCUT2D eigenvalue weighted by Gasteiger charge is 2.28. The predicted molar refractivity (Wildman–Crippen MR) is 200 cm³/mol. The number of aromatic nitrogens is 1. The zero-order valence-electron chi connectivity index (χ0n) is 27.8. The second-order valence-corrected chi connectivity index (χ2v) is 14.8. The fourth-order valence-corrected chi connectivity index (χ4v) is 8.20. The normalized spacial score (nSPS) is 12.3. The van der Waals surface area contributed by atoms with Gasteiger partial charge in [-0.15, -0.1) is 0 Å². The van der Waals surface area contributed by atoms with Gasteiger partial charge in [-0.25, -0.2) is 17.9 Å². The molecule has 0 saturated carbocycles. The predicted octanol–water partition coefficient (Wildman–Crippen LogP) is 8.55. The molecule has 260 valence electrons. The minimum absolute atomic E-state index is 0.0380. The summed E-state index contributed by atoms with van der Waals surface area (Å²) >= 11 is 6.65. The summed E-state index contributed by atoms with van der Waals surface area (Å²) in [5, 5.41) is 22.5. The van der Waals surface area contributed by atoms with Gasteiger partial charge in [-0.1, -0.05) is 110 Å². The highest BCUT2D eigenvalue weighted by molar-refractivity contribution is 7.88. The smallest absolute Gasteiger partial charge is 0.335 e. The van der Waals surface area contributed by atoms with E-state index in [2.05, 4.69) is 40.5 Å². The number of halogens is 1. The van der Waals surface area contributed by atoms with Crippen molar-refractivity contribution in [3.63, 3.8) is 0 Å². The standard InChI is InChI=1S/C40H36ClN3O6S/c1-27(24-28-16-18-31(19-17-28)40(45)46)38-34-25-33(41)20-21-36(34)43(39(29-10-4-2-5-11-29)30-12-6-3-7-13-30)37(38)22-23-42-51(49,50)26-32-14-8-9-15-35(32)44(47)48/h2-21,25,27,39,42H,22-24,26H2,1H3,(H,45,46). The molecule has 1 heterocycles. The number of rotatable bonds is 14. The number of carboxylic acid groups (broad SMARTS) is 1. The number of nitro benzene ring substituents is 1. The van der Waals surface area contributed by atoms with Crippen molar-refractivity contribution in [2.45, 2.75) is 37.5 Å². The molecule has 0 bridgehead atoms. The van der Waals surface area contributed by atoms with Gasteiger partial charge in [0.2, 0.25) is 10.0 Å². The van der Waals surface area contributed by atoms with Crippen LogP contribution in [0.25, 0.3) is 10.9 Å².